The average molecular weight is 309 g/mol. The van der Waals surface area contributed by atoms with Crippen LogP contribution in [0.2, 0.25) is 0 Å². The summed E-state index contributed by atoms with van der Waals surface area (Å²) in [6.07, 6.45) is 3.08. The van der Waals surface area contributed by atoms with Gasteiger partial charge in [-0.2, -0.15) is 0 Å². The minimum absolute atomic E-state index is 0.168. The van der Waals surface area contributed by atoms with Gasteiger partial charge in [-0.15, -0.1) is 0 Å². The van der Waals surface area contributed by atoms with Gasteiger partial charge < -0.3 is 4.98 Å². The second-order valence-corrected chi connectivity index (χ2v) is 6.80. The van der Waals surface area contributed by atoms with Gasteiger partial charge in [-0.05, 0) is 47.2 Å². The highest BCUT2D eigenvalue weighted by Gasteiger charge is 2.34. The SMILES string of the molecule is CCc1ccc(C(C)(c2c[nH]c3ccc(F)cc23)C(C)C)cc1. The molecule has 0 radical (unpaired) electrons. The second-order valence-electron chi connectivity index (χ2n) is 6.80. The molecule has 3 aromatic rings. The highest BCUT2D eigenvalue weighted by atomic mass is 19.1. The number of nitrogens with one attached hydrogen (secondary N) is 1. The minimum atomic E-state index is -0.189. The van der Waals surface area contributed by atoms with E-state index in [9.17, 15) is 4.39 Å². The Morgan fingerprint density at radius 1 is 1.09 bits per heavy atom. The first kappa shape index (κ1) is 15.8. The van der Waals surface area contributed by atoms with Crippen molar-refractivity contribution >= 4 is 10.9 Å². The summed E-state index contributed by atoms with van der Waals surface area (Å²) in [4.78, 5) is 3.30. The molecule has 1 unspecified atom stereocenters. The number of H-pyrrole nitrogens is 1. The maximum Gasteiger partial charge on any atom is 0.123 e. The molecule has 0 fully saturated rings. The predicted molar refractivity (Wildman–Crippen MR) is 95.4 cm³/mol. The van der Waals surface area contributed by atoms with Gasteiger partial charge in [-0.3, -0.25) is 0 Å². The molecule has 0 saturated heterocycles. The highest BCUT2D eigenvalue weighted by Crippen LogP contribution is 2.42. The number of hydrogen-bond acceptors (Lipinski definition) is 0. The average Bonchev–Trinajstić information content (AvgIpc) is 2.97. The first-order valence-electron chi connectivity index (χ1n) is 8.33. The van der Waals surface area contributed by atoms with Crippen LogP contribution in [0.15, 0.2) is 48.7 Å². The van der Waals surface area contributed by atoms with E-state index in [4.69, 9.17) is 0 Å². The lowest BCUT2D eigenvalue weighted by Gasteiger charge is -2.35. The van der Waals surface area contributed by atoms with Crippen molar-refractivity contribution in [2.24, 2.45) is 5.92 Å². The van der Waals surface area contributed by atoms with Crippen LogP contribution >= 0.6 is 0 Å². The van der Waals surface area contributed by atoms with Crippen LogP contribution in [-0.4, -0.2) is 4.98 Å². The lowest BCUT2D eigenvalue weighted by atomic mass is 9.68. The quantitative estimate of drug-likeness (QED) is 0.624. The number of aromatic amines is 1. The van der Waals surface area contributed by atoms with Crippen LogP contribution in [0.1, 0.15) is 44.4 Å². The van der Waals surface area contributed by atoms with E-state index in [-0.39, 0.29) is 11.2 Å². The summed E-state index contributed by atoms with van der Waals surface area (Å²) < 4.78 is 13.8. The molecule has 1 atom stereocenters. The zero-order chi connectivity index (χ0) is 16.6. The highest BCUT2D eigenvalue weighted by molar-refractivity contribution is 5.85. The molecule has 120 valence electrons. The van der Waals surface area contributed by atoms with Crippen molar-refractivity contribution in [3.8, 4) is 0 Å². The van der Waals surface area contributed by atoms with Crippen molar-refractivity contribution in [2.75, 3.05) is 0 Å². The van der Waals surface area contributed by atoms with E-state index in [0.717, 1.165) is 22.9 Å². The smallest absolute Gasteiger partial charge is 0.123 e. The standard InChI is InChI=1S/C21H24FN/c1-5-15-6-8-16(9-7-15)21(4,14(2)3)19-13-23-20-11-10-17(22)12-18(19)20/h6-14,23H,5H2,1-4H3. The second kappa shape index (κ2) is 5.84. The first-order chi connectivity index (χ1) is 11.0. The third-order valence-corrected chi connectivity index (χ3v) is 5.32. The topological polar surface area (TPSA) is 15.8 Å². The molecule has 1 heterocycles. The normalized spacial score (nSPS) is 14.3. The number of halogens is 1. The van der Waals surface area contributed by atoms with E-state index in [1.165, 1.54) is 17.2 Å². The van der Waals surface area contributed by atoms with E-state index in [1.807, 2.05) is 12.3 Å². The summed E-state index contributed by atoms with van der Waals surface area (Å²) in [6.45, 7) is 8.88. The molecule has 0 aliphatic carbocycles. The Kier molecular flexibility index (Phi) is 4.01. The third-order valence-electron chi connectivity index (χ3n) is 5.32. The van der Waals surface area contributed by atoms with Crippen LogP contribution in [0.5, 0.6) is 0 Å². The van der Waals surface area contributed by atoms with Gasteiger partial charge in [0.05, 0.1) is 0 Å². The predicted octanol–water partition coefficient (Wildman–Crippen LogP) is 5.83. The van der Waals surface area contributed by atoms with Crippen molar-refractivity contribution < 1.29 is 4.39 Å². The van der Waals surface area contributed by atoms with E-state index < -0.39 is 0 Å². The molecular formula is C21H24FN. The van der Waals surface area contributed by atoms with Crippen molar-refractivity contribution in [1.29, 1.82) is 0 Å². The molecule has 0 aliphatic rings. The summed E-state index contributed by atoms with van der Waals surface area (Å²) in [5, 5.41) is 0.973. The molecule has 0 bridgehead atoms. The van der Waals surface area contributed by atoms with Gasteiger partial charge in [-0.1, -0.05) is 52.0 Å². The fourth-order valence-electron chi connectivity index (χ4n) is 3.41. The van der Waals surface area contributed by atoms with E-state index >= 15 is 0 Å². The van der Waals surface area contributed by atoms with E-state index in [1.54, 1.807) is 6.07 Å². The molecular weight excluding hydrogens is 285 g/mol. The fourth-order valence-corrected chi connectivity index (χ4v) is 3.41. The van der Waals surface area contributed by atoms with Gasteiger partial charge in [-0.25, -0.2) is 4.39 Å². The maximum absolute atomic E-state index is 13.8. The van der Waals surface area contributed by atoms with Crippen LogP contribution in [0, 0.1) is 11.7 Å². The summed E-state index contributed by atoms with van der Waals surface area (Å²) >= 11 is 0. The van der Waals surface area contributed by atoms with Crippen molar-refractivity contribution in [2.45, 2.75) is 39.5 Å². The largest absolute Gasteiger partial charge is 0.361 e. The molecule has 1 N–H and O–H groups in total. The van der Waals surface area contributed by atoms with Gasteiger partial charge in [0.25, 0.3) is 0 Å². The number of aromatic nitrogens is 1. The van der Waals surface area contributed by atoms with Crippen LogP contribution in [0.25, 0.3) is 10.9 Å². The number of fused-ring (bicyclic) bond motifs is 1. The van der Waals surface area contributed by atoms with Gasteiger partial charge in [0.1, 0.15) is 5.82 Å². The zero-order valence-corrected chi connectivity index (χ0v) is 14.3. The minimum Gasteiger partial charge on any atom is -0.361 e. The summed E-state index contributed by atoms with van der Waals surface area (Å²) in [5.74, 6) is 0.197. The summed E-state index contributed by atoms with van der Waals surface area (Å²) in [5.41, 5.74) is 4.59. The molecule has 0 saturated carbocycles. The Morgan fingerprint density at radius 2 is 1.78 bits per heavy atom. The molecule has 2 aromatic carbocycles. The Morgan fingerprint density at radius 3 is 2.39 bits per heavy atom. The zero-order valence-electron chi connectivity index (χ0n) is 14.3. The molecule has 2 heteroatoms. The number of hydrogen-bond donors (Lipinski definition) is 1. The molecule has 1 aromatic heterocycles. The molecule has 23 heavy (non-hydrogen) atoms. The van der Waals surface area contributed by atoms with Crippen molar-refractivity contribution in [3.05, 3.63) is 71.2 Å². The van der Waals surface area contributed by atoms with Crippen molar-refractivity contribution in [3.63, 3.8) is 0 Å². The monoisotopic (exact) mass is 309 g/mol. The van der Waals surface area contributed by atoms with Gasteiger partial charge >= 0.3 is 0 Å². The molecule has 0 aliphatic heterocycles. The summed E-state index contributed by atoms with van der Waals surface area (Å²) in [7, 11) is 0. The summed E-state index contributed by atoms with van der Waals surface area (Å²) in [6, 6.07) is 13.8. The first-order valence-corrected chi connectivity index (χ1v) is 8.33. The number of benzene rings is 2. The fraction of sp³-hybridized carbons (Fsp3) is 0.333. The lowest BCUT2D eigenvalue weighted by Crippen LogP contribution is -2.30. The van der Waals surface area contributed by atoms with Gasteiger partial charge in [0, 0.05) is 22.5 Å². The Labute approximate surface area is 137 Å². The number of aryl methyl sites for hydroxylation is 1. The van der Waals surface area contributed by atoms with Crippen LogP contribution in [0.4, 0.5) is 4.39 Å². The maximum atomic E-state index is 13.8. The Balaban J connectivity index is 2.21. The molecule has 0 spiro atoms. The third kappa shape index (κ3) is 2.56. The molecule has 1 nitrogen and oxygen atoms in total. The van der Waals surface area contributed by atoms with Crippen molar-refractivity contribution in [1.82, 2.24) is 4.98 Å². The van der Waals surface area contributed by atoms with Gasteiger partial charge in [0.2, 0.25) is 0 Å². The lowest BCUT2D eigenvalue weighted by molar-refractivity contribution is 0.408. The number of rotatable bonds is 4. The van der Waals surface area contributed by atoms with Crippen LogP contribution in [0.3, 0.4) is 0 Å². The van der Waals surface area contributed by atoms with E-state index in [2.05, 4.69) is 56.9 Å². The van der Waals surface area contributed by atoms with Crippen LogP contribution < -0.4 is 0 Å². The van der Waals surface area contributed by atoms with E-state index in [0.29, 0.717) is 5.92 Å². The van der Waals surface area contributed by atoms with Gasteiger partial charge in [0.15, 0.2) is 0 Å². The Bertz CT molecular complexity index is 813. The van der Waals surface area contributed by atoms with Crippen LogP contribution in [-0.2, 0) is 11.8 Å². The molecule has 3 rings (SSSR count). The Hall–Kier alpha value is -2.09. The molecule has 0 amide bonds.